The SMILES string of the molecule is COC1N=NC(=S)S1. The van der Waals surface area contributed by atoms with E-state index in [0.29, 0.717) is 4.32 Å². The minimum Gasteiger partial charge on any atom is -0.349 e. The minimum absolute atomic E-state index is 0.192. The first-order valence-electron chi connectivity index (χ1n) is 1.97. The van der Waals surface area contributed by atoms with E-state index in [4.69, 9.17) is 4.74 Å². The van der Waals surface area contributed by atoms with Crippen molar-refractivity contribution in [3.63, 3.8) is 0 Å². The Bertz CT molecular complexity index is 135. The van der Waals surface area contributed by atoms with Crippen LogP contribution >= 0.6 is 24.0 Å². The van der Waals surface area contributed by atoms with Gasteiger partial charge in [0.2, 0.25) is 5.56 Å². The van der Waals surface area contributed by atoms with Crippen molar-refractivity contribution in [3.8, 4) is 0 Å². The maximum absolute atomic E-state index is 4.80. The van der Waals surface area contributed by atoms with E-state index in [9.17, 15) is 0 Å². The predicted octanol–water partition coefficient (Wildman–Crippen LogP) is 1.40. The van der Waals surface area contributed by atoms with Gasteiger partial charge in [-0.1, -0.05) is 0 Å². The van der Waals surface area contributed by atoms with Crippen molar-refractivity contribution in [1.29, 1.82) is 0 Å². The molecule has 0 aromatic carbocycles. The summed E-state index contributed by atoms with van der Waals surface area (Å²) in [6.45, 7) is 0. The Morgan fingerprint density at radius 3 is 2.88 bits per heavy atom. The van der Waals surface area contributed by atoms with Crippen LogP contribution in [0.3, 0.4) is 0 Å². The first-order valence-corrected chi connectivity index (χ1v) is 3.26. The van der Waals surface area contributed by atoms with Crippen LogP contribution in [0.2, 0.25) is 0 Å². The lowest BCUT2D eigenvalue weighted by atomic mass is 11.3. The molecule has 3 nitrogen and oxygen atoms in total. The summed E-state index contributed by atoms with van der Waals surface area (Å²) in [7, 11) is 1.57. The summed E-state index contributed by atoms with van der Waals surface area (Å²) >= 11 is 6.03. The number of methoxy groups -OCH3 is 1. The molecular formula is C3H4N2OS2. The minimum atomic E-state index is -0.192. The van der Waals surface area contributed by atoms with Crippen LogP contribution in [0.15, 0.2) is 10.2 Å². The van der Waals surface area contributed by atoms with Crippen LogP contribution in [0.1, 0.15) is 0 Å². The molecule has 0 N–H and O–H groups in total. The molecule has 1 rings (SSSR count). The molecule has 0 aromatic heterocycles. The second kappa shape index (κ2) is 2.52. The van der Waals surface area contributed by atoms with Gasteiger partial charge >= 0.3 is 0 Å². The van der Waals surface area contributed by atoms with Gasteiger partial charge in [0.15, 0.2) is 4.32 Å². The van der Waals surface area contributed by atoms with Crippen LogP contribution in [0.25, 0.3) is 0 Å². The Balaban J connectivity index is 2.46. The van der Waals surface area contributed by atoms with E-state index < -0.39 is 0 Å². The van der Waals surface area contributed by atoms with Crippen molar-refractivity contribution in [1.82, 2.24) is 0 Å². The Morgan fingerprint density at radius 2 is 2.62 bits per heavy atom. The van der Waals surface area contributed by atoms with Crippen molar-refractivity contribution >= 4 is 28.3 Å². The van der Waals surface area contributed by atoms with Crippen LogP contribution in [0.5, 0.6) is 0 Å². The Morgan fingerprint density at radius 1 is 1.88 bits per heavy atom. The number of nitrogens with zero attached hydrogens (tertiary/aromatic N) is 2. The summed E-state index contributed by atoms with van der Waals surface area (Å²) in [5.41, 5.74) is -0.192. The van der Waals surface area contributed by atoms with Gasteiger partial charge in [-0.05, 0) is 24.0 Å². The third kappa shape index (κ3) is 1.24. The number of thioether (sulfide) groups is 1. The molecule has 0 saturated carbocycles. The highest BCUT2D eigenvalue weighted by molar-refractivity contribution is 8.23. The van der Waals surface area contributed by atoms with Gasteiger partial charge in [-0.3, -0.25) is 0 Å². The third-order valence-corrected chi connectivity index (χ3v) is 1.78. The van der Waals surface area contributed by atoms with Gasteiger partial charge < -0.3 is 4.74 Å². The standard InChI is InChI=1S/C3H4N2OS2/c1-6-2-4-5-3(7)8-2/h2H,1H3. The van der Waals surface area contributed by atoms with Gasteiger partial charge in [0.25, 0.3) is 0 Å². The lowest BCUT2D eigenvalue weighted by molar-refractivity contribution is 0.178. The van der Waals surface area contributed by atoms with Gasteiger partial charge in [-0.2, -0.15) is 0 Å². The van der Waals surface area contributed by atoms with Gasteiger partial charge in [0.05, 0.1) is 0 Å². The highest BCUT2D eigenvalue weighted by atomic mass is 32.2. The third-order valence-electron chi connectivity index (χ3n) is 0.637. The van der Waals surface area contributed by atoms with Crippen molar-refractivity contribution in [2.45, 2.75) is 5.56 Å². The number of thiocarbonyl (C=S) groups is 1. The fraction of sp³-hybridized carbons (Fsp3) is 0.667. The van der Waals surface area contributed by atoms with E-state index in [1.54, 1.807) is 7.11 Å². The molecule has 0 aromatic rings. The summed E-state index contributed by atoms with van der Waals surface area (Å²) in [5.74, 6) is 0. The topological polar surface area (TPSA) is 34.0 Å². The monoisotopic (exact) mass is 148 g/mol. The number of hydrogen-bond donors (Lipinski definition) is 0. The van der Waals surface area contributed by atoms with E-state index in [2.05, 4.69) is 22.4 Å². The summed E-state index contributed by atoms with van der Waals surface area (Å²) < 4.78 is 5.35. The lowest BCUT2D eigenvalue weighted by Gasteiger charge is -1.95. The molecule has 1 unspecified atom stereocenters. The fourth-order valence-electron chi connectivity index (χ4n) is 0.323. The molecular weight excluding hydrogens is 144 g/mol. The van der Waals surface area contributed by atoms with Gasteiger partial charge in [0, 0.05) is 7.11 Å². The molecule has 8 heavy (non-hydrogen) atoms. The lowest BCUT2D eigenvalue weighted by Crippen LogP contribution is -1.95. The predicted molar refractivity (Wildman–Crippen MR) is 35.8 cm³/mol. The molecule has 0 bridgehead atoms. The summed E-state index contributed by atoms with van der Waals surface area (Å²) in [6, 6.07) is 0. The molecule has 0 amide bonds. The molecule has 1 atom stereocenters. The molecule has 1 aliphatic rings. The number of hydrogen-bond acceptors (Lipinski definition) is 4. The molecule has 5 heteroatoms. The Labute approximate surface area is 56.5 Å². The van der Waals surface area contributed by atoms with Crippen molar-refractivity contribution < 1.29 is 4.74 Å². The maximum Gasteiger partial charge on any atom is 0.222 e. The van der Waals surface area contributed by atoms with Crippen LogP contribution in [0, 0.1) is 0 Å². The number of azo groups is 1. The molecule has 0 fully saturated rings. The smallest absolute Gasteiger partial charge is 0.222 e. The second-order valence-electron chi connectivity index (χ2n) is 1.14. The second-order valence-corrected chi connectivity index (χ2v) is 2.81. The fourth-order valence-corrected chi connectivity index (χ4v) is 1.07. The Hall–Kier alpha value is -0.000000000000000111. The van der Waals surface area contributed by atoms with Crippen LogP contribution in [0.4, 0.5) is 0 Å². The van der Waals surface area contributed by atoms with Gasteiger partial charge in [0.1, 0.15) is 0 Å². The van der Waals surface area contributed by atoms with E-state index in [1.807, 2.05) is 0 Å². The molecule has 1 aliphatic heterocycles. The normalized spacial score (nSPS) is 27.1. The molecule has 1 heterocycles. The maximum atomic E-state index is 4.80. The molecule has 0 aliphatic carbocycles. The molecule has 44 valence electrons. The first kappa shape index (κ1) is 6.12. The molecule has 0 spiro atoms. The highest BCUT2D eigenvalue weighted by Gasteiger charge is 2.14. The van der Waals surface area contributed by atoms with E-state index >= 15 is 0 Å². The van der Waals surface area contributed by atoms with E-state index in [0.717, 1.165) is 0 Å². The zero-order valence-electron chi connectivity index (χ0n) is 4.20. The molecule has 0 radical (unpaired) electrons. The van der Waals surface area contributed by atoms with Gasteiger partial charge in [-0.25, -0.2) is 0 Å². The molecule has 0 saturated heterocycles. The Kier molecular flexibility index (Phi) is 1.93. The summed E-state index contributed by atoms with van der Waals surface area (Å²) in [4.78, 5) is 0. The van der Waals surface area contributed by atoms with E-state index in [1.165, 1.54) is 11.8 Å². The van der Waals surface area contributed by atoms with Crippen molar-refractivity contribution in [2.75, 3.05) is 7.11 Å². The quantitative estimate of drug-likeness (QED) is 0.527. The van der Waals surface area contributed by atoms with Crippen LogP contribution in [-0.4, -0.2) is 17.0 Å². The van der Waals surface area contributed by atoms with Crippen molar-refractivity contribution in [2.24, 2.45) is 10.2 Å². The number of rotatable bonds is 1. The van der Waals surface area contributed by atoms with Crippen LogP contribution in [-0.2, 0) is 4.74 Å². The average Bonchev–Trinajstić information content (AvgIpc) is 2.14. The summed E-state index contributed by atoms with van der Waals surface area (Å²) in [5, 5.41) is 7.24. The van der Waals surface area contributed by atoms with Crippen molar-refractivity contribution in [3.05, 3.63) is 0 Å². The van der Waals surface area contributed by atoms with Gasteiger partial charge in [-0.15, -0.1) is 10.2 Å². The number of ether oxygens (including phenoxy) is 1. The summed E-state index contributed by atoms with van der Waals surface area (Å²) in [6.07, 6.45) is 0. The first-order chi connectivity index (χ1) is 3.83. The zero-order valence-corrected chi connectivity index (χ0v) is 5.83. The van der Waals surface area contributed by atoms with Crippen LogP contribution < -0.4 is 0 Å². The van der Waals surface area contributed by atoms with E-state index in [-0.39, 0.29) is 5.56 Å². The highest BCUT2D eigenvalue weighted by Crippen LogP contribution is 2.22. The average molecular weight is 148 g/mol. The largest absolute Gasteiger partial charge is 0.349 e. The zero-order chi connectivity index (χ0) is 5.98.